The van der Waals surface area contributed by atoms with Crippen molar-refractivity contribution in [2.45, 2.75) is 77.7 Å². The van der Waals surface area contributed by atoms with Crippen LogP contribution in [0, 0.1) is 5.41 Å². The van der Waals surface area contributed by atoms with Gasteiger partial charge in [-0.2, -0.15) is 0 Å². The van der Waals surface area contributed by atoms with Crippen LogP contribution in [0.2, 0.25) is 0 Å². The fourth-order valence-corrected chi connectivity index (χ4v) is 1.93. The van der Waals surface area contributed by atoms with Crippen molar-refractivity contribution in [3.8, 4) is 0 Å². The summed E-state index contributed by atoms with van der Waals surface area (Å²) < 4.78 is 0. The van der Waals surface area contributed by atoms with Crippen LogP contribution in [0.4, 0.5) is 0 Å². The Labute approximate surface area is 88.9 Å². The van der Waals surface area contributed by atoms with E-state index < -0.39 is 0 Å². The largest absolute Gasteiger partial charge is 0.390 e. The van der Waals surface area contributed by atoms with Crippen LogP contribution in [-0.4, -0.2) is 10.7 Å². The third-order valence-corrected chi connectivity index (χ3v) is 3.50. The molecule has 0 aromatic rings. The Kier molecular flexibility index (Phi) is 4.00. The van der Waals surface area contributed by atoms with Gasteiger partial charge in [-0.15, -0.1) is 0 Å². The lowest BCUT2D eigenvalue weighted by atomic mass is 10.0. The molecule has 0 amide bonds. The Balaban J connectivity index is 0.000000140. The first-order chi connectivity index (χ1) is 6.54. The van der Waals surface area contributed by atoms with Gasteiger partial charge in [0, 0.05) is 0 Å². The summed E-state index contributed by atoms with van der Waals surface area (Å²) in [5.74, 6) is 0. The van der Waals surface area contributed by atoms with E-state index in [9.17, 15) is 0 Å². The number of hydrogen-bond acceptors (Lipinski definition) is 1. The van der Waals surface area contributed by atoms with E-state index in [1.54, 1.807) is 0 Å². The second-order valence-corrected chi connectivity index (χ2v) is 5.54. The molecule has 2 rings (SSSR count). The topological polar surface area (TPSA) is 20.2 Å². The first kappa shape index (κ1) is 12.0. The maximum absolute atomic E-state index is 9.13. The zero-order valence-corrected chi connectivity index (χ0v) is 10.1. The van der Waals surface area contributed by atoms with Crippen LogP contribution in [0.25, 0.3) is 0 Å². The van der Waals surface area contributed by atoms with E-state index in [4.69, 9.17) is 5.11 Å². The summed E-state index contributed by atoms with van der Waals surface area (Å²) in [7, 11) is 0. The molecule has 0 saturated heterocycles. The summed E-state index contributed by atoms with van der Waals surface area (Å²) in [4.78, 5) is 0. The Morgan fingerprint density at radius 2 is 1.43 bits per heavy atom. The van der Waals surface area contributed by atoms with Gasteiger partial charge < -0.3 is 5.11 Å². The first-order valence-electron chi connectivity index (χ1n) is 6.26. The van der Waals surface area contributed by atoms with Crippen LogP contribution in [0.15, 0.2) is 0 Å². The molecule has 0 radical (unpaired) electrons. The molecule has 0 atom stereocenters. The van der Waals surface area contributed by atoms with Gasteiger partial charge in [-0.1, -0.05) is 33.6 Å². The van der Waals surface area contributed by atoms with Crippen LogP contribution in [0.5, 0.6) is 0 Å². The second kappa shape index (κ2) is 4.65. The van der Waals surface area contributed by atoms with E-state index >= 15 is 0 Å². The summed E-state index contributed by atoms with van der Waals surface area (Å²) >= 11 is 0. The summed E-state index contributed by atoms with van der Waals surface area (Å²) in [6, 6.07) is 0. The summed E-state index contributed by atoms with van der Waals surface area (Å²) in [5.41, 5.74) is 0.601. The predicted octanol–water partition coefficient (Wildman–Crippen LogP) is 3.90. The number of hydrogen-bond donors (Lipinski definition) is 1. The van der Waals surface area contributed by atoms with E-state index in [2.05, 4.69) is 20.8 Å². The fourth-order valence-electron chi connectivity index (χ4n) is 1.93. The molecule has 0 aromatic heterocycles. The van der Waals surface area contributed by atoms with Crippen molar-refractivity contribution in [2.24, 2.45) is 5.41 Å². The number of rotatable bonds is 4. The van der Waals surface area contributed by atoms with Crippen LogP contribution >= 0.6 is 0 Å². The highest BCUT2D eigenvalue weighted by Crippen LogP contribution is 2.48. The van der Waals surface area contributed by atoms with Crippen molar-refractivity contribution >= 4 is 0 Å². The Morgan fingerprint density at radius 1 is 0.929 bits per heavy atom. The van der Waals surface area contributed by atoms with Gasteiger partial charge >= 0.3 is 0 Å². The van der Waals surface area contributed by atoms with Gasteiger partial charge in [0.1, 0.15) is 0 Å². The molecule has 0 heterocycles. The molecule has 0 bridgehead atoms. The van der Waals surface area contributed by atoms with Gasteiger partial charge in [0.25, 0.3) is 0 Å². The van der Waals surface area contributed by atoms with E-state index in [-0.39, 0.29) is 5.60 Å². The zero-order chi connectivity index (χ0) is 10.7. The lowest BCUT2D eigenvalue weighted by Crippen LogP contribution is -2.03. The van der Waals surface area contributed by atoms with E-state index in [1.165, 1.54) is 25.7 Å². The minimum atomic E-state index is -0.200. The van der Waals surface area contributed by atoms with Crippen molar-refractivity contribution in [1.29, 1.82) is 0 Å². The first-order valence-corrected chi connectivity index (χ1v) is 6.26. The van der Waals surface area contributed by atoms with E-state index in [0.717, 1.165) is 31.1 Å². The maximum Gasteiger partial charge on any atom is 0.0649 e. The molecule has 0 unspecified atom stereocenters. The van der Waals surface area contributed by atoms with Crippen LogP contribution in [-0.2, 0) is 0 Å². The second-order valence-electron chi connectivity index (χ2n) is 5.54. The molecule has 2 aliphatic carbocycles. The van der Waals surface area contributed by atoms with Gasteiger partial charge in [0.15, 0.2) is 0 Å². The van der Waals surface area contributed by atoms with E-state index in [1.807, 2.05) is 0 Å². The number of aliphatic hydroxyl groups is 1. The van der Waals surface area contributed by atoms with Crippen molar-refractivity contribution in [1.82, 2.24) is 0 Å². The molecule has 0 spiro atoms. The van der Waals surface area contributed by atoms with Crippen molar-refractivity contribution in [3.63, 3.8) is 0 Å². The molecular formula is C13H26O. The average Bonchev–Trinajstić information content (AvgIpc) is 2.98. The summed E-state index contributed by atoms with van der Waals surface area (Å²) in [6.07, 6.45) is 10.0. The Morgan fingerprint density at radius 3 is 1.57 bits per heavy atom. The minimum absolute atomic E-state index is 0.200. The lowest BCUT2D eigenvalue weighted by Gasteiger charge is -2.01. The lowest BCUT2D eigenvalue weighted by molar-refractivity contribution is 0.139. The summed E-state index contributed by atoms with van der Waals surface area (Å²) in [6.45, 7) is 6.76. The van der Waals surface area contributed by atoms with Crippen molar-refractivity contribution < 1.29 is 5.11 Å². The molecule has 1 heteroatoms. The smallest absolute Gasteiger partial charge is 0.0649 e. The third kappa shape index (κ3) is 4.45. The monoisotopic (exact) mass is 198 g/mol. The maximum atomic E-state index is 9.13. The van der Waals surface area contributed by atoms with Crippen LogP contribution in [0.1, 0.15) is 72.1 Å². The quantitative estimate of drug-likeness (QED) is 0.726. The van der Waals surface area contributed by atoms with Crippen molar-refractivity contribution in [3.05, 3.63) is 0 Å². The molecule has 84 valence electrons. The molecule has 1 nitrogen and oxygen atoms in total. The highest BCUT2D eigenvalue weighted by molar-refractivity contribution is 4.92. The molecule has 2 fully saturated rings. The predicted molar refractivity (Wildman–Crippen MR) is 61.3 cm³/mol. The molecule has 0 aliphatic heterocycles. The normalized spacial score (nSPS) is 24.9. The minimum Gasteiger partial charge on any atom is -0.390 e. The standard InChI is InChI=1S/C7H14.C6H12O/c1-3-4-7(2)5-6-7;1-2-3-6(7)4-5-6/h3-6H2,1-2H3;7H,2-5H2,1H3. The Bertz CT molecular complexity index is 146. The Hall–Kier alpha value is -0.0400. The summed E-state index contributed by atoms with van der Waals surface area (Å²) in [5, 5.41) is 9.13. The molecular weight excluding hydrogens is 172 g/mol. The molecule has 0 aromatic carbocycles. The highest BCUT2D eigenvalue weighted by atomic mass is 16.3. The molecule has 14 heavy (non-hydrogen) atoms. The van der Waals surface area contributed by atoms with Crippen LogP contribution in [0.3, 0.4) is 0 Å². The average molecular weight is 198 g/mol. The third-order valence-electron chi connectivity index (χ3n) is 3.50. The fraction of sp³-hybridized carbons (Fsp3) is 1.00. The van der Waals surface area contributed by atoms with Gasteiger partial charge in [-0.05, 0) is 43.9 Å². The zero-order valence-electron chi connectivity index (χ0n) is 10.1. The molecule has 1 N–H and O–H groups in total. The highest BCUT2D eigenvalue weighted by Gasteiger charge is 2.38. The van der Waals surface area contributed by atoms with Gasteiger partial charge in [-0.25, -0.2) is 0 Å². The SMILES string of the molecule is CCCC1(C)CC1.CCCC1(O)CC1. The van der Waals surface area contributed by atoms with Gasteiger partial charge in [0.2, 0.25) is 0 Å². The van der Waals surface area contributed by atoms with E-state index in [0.29, 0.717) is 0 Å². The van der Waals surface area contributed by atoms with Crippen LogP contribution < -0.4 is 0 Å². The van der Waals surface area contributed by atoms with Gasteiger partial charge in [0.05, 0.1) is 5.60 Å². The van der Waals surface area contributed by atoms with Crippen molar-refractivity contribution in [2.75, 3.05) is 0 Å². The van der Waals surface area contributed by atoms with Gasteiger partial charge in [-0.3, -0.25) is 0 Å². The molecule has 2 aliphatic rings. The molecule has 2 saturated carbocycles.